The lowest BCUT2D eigenvalue weighted by Gasteiger charge is -2.30. The molecule has 2 aromatic rings. The van der Waals surface area contributed by atoms with E-state index in [-0.39, 0.29) is 24.7 Å². The van der Waals surface area contributed by atoms with Gasteiger partial charge >= 0.3 is 11.7 Å². The third-order valence-corrected chi connectivity index (χ3v) is 4.53. The number of nitrogens with zero attached hydrogens (tertiary/aromatic N) is 5. The van der Waals surface area contributed by atoms with Crippen molar-refractivity contribution in [1.29, 1.82) is 0 Å². The highest BCUT2D eigenvalue weighted by molar-refractivity contribution is 5.79. The van der Waals surface area contributed by atoms with Gasteiger partial charge in [-0.1, -0.05) is 13.3 Å². The third-order valence-electron chi connectivity index (χ3n) is 4.53. The number of nitrogens with two attached hydrogens (primary N) is 1. The first kappa shape index (κ1) is 21.8. The molecule has 0 aliphatic carbocycles. The molecule has 1 atom stereocenters. The van der Waals surface area contributed by atoms with E-state index in [1.54, 1.807) is 13.1 Å². The zero-order valence-corrected chi connectivity index (χ0v) is 16.7. The van der Waals surface area contributed by atoms with Gasteiger partial charge in [0.2, 0.25) is 11.8 Å². The van der Waals surface area contributed by atoms with Crippen LogP contribution in [0.1, 0.15) is 36.6 Å². The molecule has 3 N–H and O–H groups in total. The Balaban J connectivity index is 2.66. The molecule has 11 nitrogen and oxygen atoms in total. The number of nitrogen functional groups attached to an aromatic ring is 1. The van der Waals surface area contributed by atoms with E-state index >= 15 is 0 Å². The summed E-state index contributed by atoms with van der Waals surface area (Å²) in [7, 11) is 1.53. The molecule has 11 heteroatoms. The Labute approximate surface area is 167 Å². The summed E-state index contributed by atoms with van der Waals surface area (Å²) in [5, 5.41) is 21.3. The highest BCUT2D eigenvalue weighted by Crippen LogP contribution is 2.32. The zero-order chi connectivity index (χ0) is 21.7. The van der Waals surface area contributed by atoms with Crippen molar-refractivity contribution in [2.45, 2.75) is 46.2 Å². The molecule has 2 heterocycles. The summed E-state index contributed by atoms with van der Waals surface area (Å²) in [5.41, 5.74) is 7.26. The number of carboxylic acids is 1. The maximum absolute atomic E-state index is 12.0. The van der Waals surface area contributed by atoms with Gasteiger partial charge < -0.3 is 20.5 Å². The number of hydrogen-bond donors (Lipinski definition) is 2. The quantitative estimate of drug-likeness (QED) is 0.469. The number of carboxylic acid groups (broad SMARTS) is 1. The van der Waals surface area contributed by atoms with Crippen LogP contribution in [0.25, 0.3) is 0 Å². The molecule has 2 aromatic heterocycles. The van der Waals surface area contributed by atoms with Crippen molar-refractivity contribution in [3.63, 3.8) is 0 Å². The number of anilines is 2. The van der Waals surface area contributed by atoms with Gasteiger partial charge in [0.15, 0.2) is 0 Å². The second kappa shape index (κ2) is 9.13. The van der Waals surface area contributed by atoms with Crippen molar-refractivity contribution in [2.75, 3.05) is 17.7 Å². The van der Waals surface area contributed by atoms with Crippen LogP contribution in [0.5, 0.6) is 5.75 Å². The lowest BCUT2D eigenvalue weighted by molar-refractivity contribution is -0.384. The summed E-state index contributed by atoms with van der Waals surface area (Å²) in [6, 6.07) is -1.07. The number of rotatable bonds is 9. The molecule has 0 spiro atoms. The van der Waals surface area contributed by atoms with Gasteiger partial charge in [0.25, 0.3) is 0 Å². The Morgan fingerprint density at radius 1 is 1.38 bits per heavy atom. The van der Waals surface area contributed by atoms with Crippen LogP contribution in [0.4, 0.5) is 17.5 Å². The van der Waals surface area contributed by atoms with Gasteiger partial charge in [0, 0.05) is 17.3 Å². The molecule has 0 bridgehead atoms. The molecule has 0 aliphatic rings. The first-order valence-corrected chi connectivity index (χ1v) is 8.96. The molecular formula is C18H24N6O5. The highest BCUT2D eigenvalue weighted by atomic mass is 16.6. The molecule has 0 aliphatic heterocycles. The molecule has 2 rings (SSSR count). The predicted octanol–water partition coefficient (Wildman–Crippen LogP) is 2.25. The van der Waals surface area contributed by atoms with Crippen LogP contribution in [0, 0.1) is 24.0 Å². The van der Waals surface area contributed by atoms with E-state index < -0.39 is 22.6 Å². The molecule has 0 amide bonds. The monoisotopic (exact) mass is 404 g/mol. The fourth-order valence-electron chi connectivity index (χ4n) is 3.13. The Bertz CT molecular complexity index is 920. The Morgan fingerprint density at radius 2 is 2.07 bits per heavy atom. The summed E-state index contributed by atoms with van der Waals surface area (Å²) >= 11 is 0. The van der Waals surface area contributed by atoms with Crippen molar-refractivity contribution in [3.05, 3.63) is 39.3 Å². The van der Waals surface area contributed by atoms with E-state index in [0.717, 1.165) is 11.8 Å². The lowest BCUT2D eigenvalue weighted by Crippen LogP contribution is -2.42. The lowest BCUT2D eigenvalue weighted by atomic mass is 10.1. The van der Waals surface area contributed by atoms with Gasteiger partial charge in [-0.15, -0.1) is 0 Å². The third kappa shape index (κ3) is 4.68. The van der Waals surface area contributed by atoms with Gasteiger partial charge in [-0.05, 0) is 20.3 Å². The van der Waals surface area contributed by atoms with Gasteiger partial charge in [0.1, 0.15) is 18.0 Å². The first-order chi connectivity index (χ1) is 13.7. The second-order valence-corrected chi connectivity index (χ2v) is 6.51. The average Bonchev–Trinajstić information content (AvgIpc) is 2.66. The number of nitro groups is 1. The number of aliphatic carboxylic acids is 1. The van der Waals surface area contributed by atoms with Crippen LogP contribution < -0.4 is 15.4 Å². The zero-order valence-electron chi connectivity index (χ0n) is 16.7. The number of aromatic nitrogens is 3. The Morgan fingerprint density at radius 3 is 2.62 bits per heavy atom. The van der Waals surface area contributed by atoms with Gasteiger partial charge in [0.05, 0.1) is 24.3 Å². The predicted molar refractivity (Wildman–Crippen MR) is 106 cm³/mol. The van der Waals surface area contributed by atoms with Crippen LogP contribution in [0.15, 0.2) is 12.4 Å². The van der Waals surface area contributed by atoms with Gasteiger partial charge in [-0.2, -0.15) is 4.98 Å². The largest absolute Gasteiger partial charge is 0.496 e. The number of hydrogen-bond acceptors (Lipinski definition) is 9. The van der Waals surface area contributed by atoms with Crippen molar-refractivity contribution < 1.29 is 19.6 Å². The molecule has 0 aromatic carbocycles. The van der Waals surface area contributed by atoms with Crippen LogP contribution in [-0.4, -0.2) is 44.1 Å². The highest BCUT2D eigenvalue weighted by Gasteiger charge is 2.33. The van der Waals surface area contributed by atoms with Crippen molar-refractivity contribution in [1.82, 2.24) is 15.0 Å². The topological polar surface area (TPSA) is 158 Å². The number of aryl methyl sites for hydroxylation is 1. The van der Waals surface area contributed by atoms with E-state index in [1.165, 1.54) is 12.0 Å². The molecule has 0 unspecified atom stereocenters. The van der Waals surface area contributed by atoms with Crippen LogP contribution in [0.2, 0.25) is 0 Å². The minimum absolute atomic E-state index is 0.0310. The molecule has 0 saturated carbocycles. The first-order valence-electron chi connectivity index (χ1n) is 8.96. The van der Waals surface area contributed by atoms with Crippen LogP contribution in [-0.2, 0) is 11.3 Å². The summed E-state index contributed by atoms with van der Waals surface area (Å²) < 4.78 is 5.41. The normalized spacial score (nSPS) is 11.7. The smallest absolute Gasteiger partial charge is 0.329 e. The number of ether oxygens (including phenoxy) is 1. The summed E-state index contributed by atoms with van der Waals surface area (Å²) in [6.45, 7) is 5.43. The van der Waals surface area contributed by atoms with Gasteiger partial charge in [-0.3, -0.25) is 15.1 Å². The minimum atomic E-state index is -1.13. The molecular weight excluding hydrogens is 380 g/mol. The maximum Gasteiger partial charge on any atom is 0.329 e. The summed E-state index contributed by atoms with van der Waals surface area (Å²) in [4.78, 5) is 36.3. The minimum Gasteiger partial charge on any atom is -0.496 e. The van der Waals surface area contributed by atoms with Crippen molar-refractivity contribution in [3.8, 4) is 5.75 Å². The van der Waals surface area contributed by atoms with Crippen LogP contribution >= 0.6 is 0 Å². The van der Waals surface area contributed by atoms with E-state index in [4.69, 9.17) is 10.5 Å². The molecule has 156 valence electrons. The molecule has 0 radical (unpaired) electrons. The second-order valence-electron chi connectivity index (χ2n) is 6.51. The van der Waals surface area contributed by atoms with E-state index in [2.05, 4.69) is 15.0 Å². The SMILES string of the molecule is CCC[C@@H](C(=O)O)N(Cc1ncc(C)c(OC)c1C)c1nc(N)ncc1[N+](=O)[O-]. The standard InChI is InChI=1S/C18H24N6O5/c1-5-6-13(17(25)26)23(16-14(24(27)28)8-21-18(19)22-16)9-12-11(3)15(29-4)10(2)7-20-12/h7-8,13H,5-6,9H2,1-4H3,(H,25,26)(H2,19,21,22)/t13-/m0/s1. The Kier molecular flexibility index (Phi) is 6.86. The van der Waals surface area contributed by atoms with Crippen molar-refractivity contribution >= 4 is 23.4 Å². The molecule has 29 heavy (non-hydrogen) atoms. The molecule has 0 fully saturated rings. The van der Waals surface area contributed by atoms with E-state index in [1.807, 2.05) is 13.8 Å². The fourth-order valence-corrected chi connectivity index (χ4v) is 3.13. The van der Waals surface area contributed by atoms with Crippen LogP contribution in [0.3, 0.4) is 0 Å². The maximum atomic E-state index is 12.0. The van der Waals surface area contributed by atoms with Gasteiger partial charge in [-0.25, -0.2) is 9.78 Å². The summed E-state index contributed by atoms with van der Waals surface area (Å²) in [6.07, 6.45) is 3.38. The number of carbonyl (C=O) groups is 1. The Hall–Kier alpha value is -3.50. The summed E-state index contributed by atoms with van der Waals surface area (Å²) in [5.74, 6) is -0.865. The van der Waals surface area contributed by atoms with E-state index in [0.29, 0.717) is 23.4 Å². The average molecular weight is 404 g/mol. The van der Waals surface area contributed by atoms with E-state index in [9.17, 15) is 20.0 Å². The van der Waals surface area contributed by atoms with Crippen molar-refractivity contribution in [2.24, 2.45) is 0 Å². The fraction of sp³-hybridized carbons (Fsp3) is 0.444. The molecule has 0 saturated heterocycles. The number of pyridine rings is 1. The number of methoxy groups -OCH3 is 1.